The monoisotopic (exact) mass is 317 g/mol. The van der Waals surface area contributed by atoms with Crippen LogP contribution < -0.4 is 4.90 Å². The van der Waals surface area contributed by atoms with Gasteiger partial charge in [-0.15, -0.1) is 0 Å². The minimum atomic E-state index is -0.0394. The van der Waals surface area contributed by atoms with Crippen LogP contribution in [0.2, 0.25) is 0 Å². The van der Waals surface area contributed by atoms with Crippen molar-refractivity contribution in [2.45, 2.75) is 26.2 Å². The highest BCUT2D eigenvalue weighted by atomic mass is 16.2. The van der Waals surface area contributed by atoms with Crippen LogP contribution in [0.3, 0.4) is 0 Å². The number of nitrogens with zero attached hydrogens (tertiary/aromatic N) is 3. The third kappa shape index (κ3) is 4.79. The molecule has 0 saturated heterocycles. The molecule has 0 unspecified atom stereocenters. The van der Waals surface area contributed by atoms with E-state index in [0.29, 0.717) is 6.54 Å². The van der Waals surface area contributed by atoms with Crippen LogP contribution >= 0.6 is 0 Å². The van der Waals surface area contributed by atoms with Crippen molar-refractivity contribution in [1.29, 1.82) is 0 Å². The lowest BCUT2D eigenvalue weighted by atomic mass is 10.0. The zero-order chi connectivity index (χ0) is 16.8. The molecule has 0 aliphatic carbocycles. The lowest BCUT2D eigenvalue weighted by Crippen LogP contribution is -2.44. The van der Waals surface area contributed by atoms with Crippen LogP contribution in [0.4, 0.5) is 5.69 Å². The smallest absolute Gasteiger partial charge is 0.246 e. The molecular formula is C18H27N3O2. The third-order valence-corrected chi connectivity index (χ3v) is 4.22. The minimum absolute atomic E-state index is 0.0113. The average Bonchev–Trinajstić information content (AvgIpc) is 2.52. The first-order valence-electron chi connectivity index (χ1n) is 8.27. The maximum atomic E-state index is 12.7. The molecule has 0 bridgehead atoms. The summed E-state index contributed by atoms with van der Waals surface area (Å²) in [6.45, 7) is 3.96. The van der Waals surface area contributed by atoms with Crippen LogP contribution in [0.1, 0.15) is 25.3 Å². The van der Waals surface area contributed by atoms with Gasteiger partial charge in [0.05, 0.1) is 0 Å². The van der Waals surface area contributed by atoms with Gasteiger partial charge in [-0.25, -0.2) is 0 Å². The maximum Gasteiger partial charge on any atom is 0.246 e. The van der Waals surface area contributed by atoms with Gasteiger partial charge in [0.1, 0.15) is 6.54 Å². The fourth-order valence-electron chi connectivity index (χ4n) is 2.97. The molecule has 0 saturated carbocycles. The van der Waals surface area contributed by atoms with E-state index in [0.717, 1.165) is 38.0 Å². The Morgan fingerprint density at radius 3 is 2.61 bits per heavy atom. The molecule has 2 amide bonds. The van der Waals surface area contributed by atoms with Crippen LogP contribution in [-0.4, -0.2) is 61.9 Å². The summed E-state index contributed by atoms with van der Waals surface area (Å²) in [4.78, 5) is 30.1. The standard InChI is InChI=1S/C18H27N3O2/c1-15(22)20(12-7-11-19(2)3)14-18(23)21-13-6-9-16-8-4-5-10-17(16)21/h4-5,8,10H,6-7,9,11-14H2,1-3H3. The maximum absolute atomic E-state index is 12.7. The van der Waals surface area contributed by atoms with Crippen LogP contribution in [0.5, 0.6) is 0 Å². The molecule has 126 valence electrons. The molecule has 0 aromatic heterocycles. The summed E-state index contributed by atoms with van der Waals surface area (Å²) in [6.07, 6.45) is 2.86. The molecule has 1 aromatic rings. The number of rotatable bonds is 6. The van der Waals surface area contributed by atoms with Crippen LogP contribution in [-0.2, 0) is 16.0 Å². The van der Waals surface area contributed by atoms with Gasteiger partial charge >= 0.3 is 0 Å². The Balaban J connectivity index is 2.00. The van der Waals surface area contributed by atoms with Gasteiger partial charge in [-0.3, -0.25) is 9.59 Å². The number of benzene rings is 1. The topological polar surface area (TPSA) is 43.9 Å². The number of fused-ring (bicyclic) bond motifs is 1. The summed E-state index contributed by atoms with van der Waals surface area (Å²) in [6, 6.07) is 8.05. The summed E-state index contributed by atoms with van der Waals surface area (Å²) in [5.41, 5.74) is 2.22. The molecule has 0 atom stereocenters. The largest absolute Gasteiger partial charge is 0.334 e. The minimum Gasteiger partial charge on any atom is -0.334 e. The molecule has 1 aliphatic rings. The summed E-state index contributed by atoms with van der Waals surface area (Å²) < 4.78 is 0. The second-order valence-corrected chi connectivity index (χ2v) is 6.38. The predicted molar refractivity (Wildman–Crippen MR) is 92.5 cm³/mol. The second kappa shape index (κ2) is 8.11. The quantitative estimate of drug-likeness (QED) is 0.803. The fourth-order valence-corrected chi connectivity index (χ4v) is 2.97. The van der Waals surface area contributed by atoms with E-state index in [2.05, 4.69) is 11.0 Å². The third-order valence-electron chi connectivity index (χ3n) is 4.22. The number of aryl methyl sites for hydroxylation is 1. The van der Waals surface area contributed by atoms with E-state index >= 15 is 0 Å². The molecule has 2 rings (SSSR count). The molecule has 0 radical (unpaired) electrons. The van der Waals surface area contributed by atoms with E-state index in [1.54, 1.807) is 4.90 Å². The fraction of sp³-hybridized carbons (Fsp3) is 0.556. The van der Waals surface area contributed by atoms with Crippen LogP contribution in [0, 0.1) is 0 Å². The summed E-state index contributed by atoms with van der Waals surface area (Å²) in [5.74, 6) is -0.0281. The van der Waals surface area contributed by atoms with Crippen molar-refractivity contribution in [2.24, 2.45) is 0 Å². The summed E-state index contributed by atoms with van der Waals surface area (Å²) in [7, 11) is 4.02. The normalized spacial score (nSPS) is 13.8. The van der Waals surface area contributed by atoms with Gasteiger partial charge in [-0.2, -0.15) is 0 Å². The van der Waals surface area contributed by atoms with E-state index < -0.39 is 0 Å². The van der Waals surface area contributed by atoms with Crippen molar-refractivity contribution in [3.8, 4) is 0 Å². The Kier molecular flexibility index (Phi) is 6.16. The average molecular weight is 317 g/mol. The van der Waals surface area contributed by atoms with Crippen molar-refractivity contribution in [2.75, 3.05) is 45.2 Å². The van der Waals surface area contributed by atoms with E-state index in [1.807, 2.05) is 37.2 Å². The molecule has 5 heteroatoms. The molecule has 0 spiro atoms. The number of carbonyl (C=O) groups excluding carboxylic acids is 2. The number of carbonyl (C=O) groups is 2. The Morgan fingerprint density at radius 1 is 1.17 bits per heavy atom. The van der Waals surface area contributed by atoms with Crippen LogP contribution in [0.15, 0.2) is 24.3 Å². The molecule has 1 aliphatic heterocycles. The Morgan fingerprint density at radius 2 is 1.91 bits per heavy atom. The Hall–Kier alpha value is -1.88. The van der Waals surface area contributed by atoms with E-state index in [-0.39, 0.29) is 18.4 Å². The number of amides is 2. The summed E-state index contributed by atoms with van der Waals surface area (Å²) in [5, 5.41) is 0. The molecule has 5 nitrogen and oxygen atoms in total. The van der Waals surface area contributed by atoms with Gasteiger partial charge in [-0.05, 0) is 51.5 Å². The second-order valence-electron chi connectivity index (χ2n) is 6.38. The summed E-state index contributed by atoms with van der Waals surface area (Å²) >= 11 is 0. The van der Waals surface area contributed by atoms with E-state index in [1.165, 1.54) is 12.5 Å². The first-order valence-corrected chi connectivity index (χ1v) is 8.27. The predicted octanol–water partition coefficient (Wildman–Crippen LogP) is 1.77. The highest BCUT2D eigenvalue weighted by Crippen LogP contribution is 2.26. The van der Waals surface area contributed by atoms with Crippen molar-refractivity contribution in [1.82, 2.24) is 9.80 Å². The van der Waals surface area contributed by atoms with Crippen molar-refractivity contribution in [3.05, 3.63) is 29.8 Å². The van der Waals surface area contributed by atoms with Crippen molar-refractivity contribution < 1.29 is 9.59 Å². The molecule has 23 heavy (non-hydrogen) atoms. The molecule has 1 heterocycles. The van der Waals surface area contributed by atoms with E-state index in [9.17, 15) is 9.59 Å². The molecular weight excluding hydrogens is 290 g/mol. The SMILES string of the molecule is CC(=O)N(CCCN(C)C)CC(=O)N1CCCc2ccccc21. The highest BCUT2D eigenvalue weighted by Gasteiger charge is 2.24. The van der Waals surface area contributed by atoms with Crippen molar-refractivity contribution >= 4 is 17.5 Å². The molecule has 0 N–H and O–H groups in total. The lowest BCUT2D eigenvalue weighted by Gasteiger charge is -2.31. The zero-order valence-corrected chi connectivity index (χ0v) is 14.4. The zero-order valence-electron chi connectivity index (χ0n) is 14.4. The van der Waals surface area contributed by atoms with Gasteiger partial charge < -0.3 is 14.7 Å². The number of anilines is 1. The lowest BCUT2D eigenvalue weighted by molar-refractivity contribution is -0.133. The number of para-hydroxylation sites is 1. The first-order chi connectivity index (χ1) is 11.0. The van der Waals surface area contributed by atoms with Gasteiger partial charge in [0.2, 0.25) is 11.8 Å². The van der Waals surface area contributed by atoms with E-state index in [4.69, 9.17) is 0 Å². The first kappa shape index (κ1) is 17.5. The Labute approximate surface area is 138 Å². The van der Waals surface area contributed by atoms with Crippen molar-refractivity contribution in [3.63, 3.8) is 0 Å². The van der Waals surface area contributed by atoms with Gasteiger partial charge in [0.25, 0.3) is 0 Å². The Bertz CT molecular complexity index is 557. The van der Waals surface area contributed by atoms with Crippen LogP contribution in [0.25, 0.3) is 0 Å². The van der Waals surface area contributed by atoms with Gasteiger partial charge in [-0.1, -0.05) is 18.2 Å². The van der Waals surface area contributed by atoms with Gasteiger partial charge in [0.15, 0.2) is 0 Å². The molecule has 0 fully saturated rings. The number of hydrogen-bond donors (Lipinski definition) is 0. The highest BCUT2D eigenvalue weighted by molar-refractivity contribution is 5.97. The van der Waals surface area contributed by atoms with Gasteiger partial charge in [0, 0.05) is 25.7 Å². The number of hydrogen-bond acceptors (Lipinski definition) is 3. The molecule has 1 aromatic carbocycles.